The van der Waals surface area contributed by atoms with E-state index < -0.39 is 0 Å². The number of carbonyl (C=O) groups excluding carboxylic acids is 2. The third-order valence-electron chi connectivity index (χ3n) is 1.24. The molecule has 0 unspecified atom stereocenters. The summed E-state index contributed by atoms with van der Waals surface area (Å²) in [6.07, 6.45) is 3.57. The molecule has 0 bridgehead atoms. The van der Waals surface area contributed by atoms with Crippen molar-refractivity contribution in [3.8, 4) is 0 Å². The fourth-order valence-electron chi connectivity index (χ4n) is 0.612. The number of methoxy groups -OCH3 is 1. The summed E-state index contributed by atoms with van der Waals surface area (Å²) in [4.78, 5) is 20.6. The van der Waals surface area contributed by atoms with Gasteiger partial charge in [-0.25, -0.2) is 4.79 Å². The van der Waals surface area contributed by atoms with Gasteiger partial charge >= 0.3 is 5.97 Å². The molecule has 0 atom stereocenters. The third-order valence-corrected chi connectivity index (χ3v) is 1.24. The zero-order chi connectivity index (χ0) is 8.69. The van der Waals surface area contributed by atoms with E-state index >= 15 is 0 Å². The maximum Gasteiger partial charge on any atom is 0.333 e. The van der Waals surface area contributed by atoms with Crippen molar-refractivity contribution in [2.24, 2.45) is 0 Å². The van der Waals surface area contributed by atoms with Crippen LogP contribution in [0.15, 0.2) is 11.6 Å². The highest BCUT2D eigenvalue weighted by molar-refractivity contribution is 5.87. The molecule has 0 saturated carbocycles. The Labute approximate surface area is 66.0 Å². The minimum Gasteiger partial charge on any atom is -0.466 e. The molecule has 0 radical (unpaired) electrons. The van der Waals surface area contributed by atoms with E-state index in [0.29, 0.717) is 18.4 Å². The zero-order valence-electron chi connectivity index (χ0n) is 6.79. The molecule has 3 heteroatoms. The van der Waals surface area contributed by atoms with Gasteiger partial charge in [-0.1, -0.05) is 6.08 Å². The van der Waals surface area contributed by atoms with Gasteiger partial charge < -0.3 is 9.53 Å². The Hall–Kier alpha value is -1.12. The Kier molecular flexibility index (Phi) is 5.07. The van der Waals surface area contributed by atoms with Gasteiger partial charge in [0, 0.05) is 12.0 Å². The second-order valence-electron chi connectivity index (χ2n) is 2.12. The Balaban J connectivity index is 3.79. The Morgan fingerprint density at radius 2 is 2.09 bits per heavy atom. The molecule has 3 nitrogen and oxygen atoms in total. The summed E-state index contributed by atoms with van der Waals surface area (Å²) in [6.45, 7) is 1.66. The molecule has 0 N–H and O–H groups in total. The molecule has 0 amide bonds. The molecule has 0 spiro atoms. The molecule has 0 aliphatic carbocycles. The summed E-state index contributed by atoms with van der Waals surface area (Å²) in [6, 6.07) is 0. The summed E-state index contributed by atoms with van der Waals surface area (Å²) < 4.78 is 4.45. The molecule has 0 rings (SSSR count). The fourth-order valence-corrected chi connectivity index (χ4v) is 0.612. The minimum atomic E-state index is -0.337. The first kappa shape index (κ1) is 9.88. The van der Waals surface area contributed by atoms with E-state index in [1.165, 1.54) is 7.11 Å². The number of allylic oxidation sites excluding steroid dienone is 1. The van der Waals surface area contributed by atoms with E-state index in [1.54, 1.807) is 13.0 Å². The van der Waals surface area contributed by atoms with Crippen LogP contribution in [0.1, 0.15) is 19.8 Å². The monoisotopic (exact) mass is 156 g/mol. The van der Waals surface area contributed by atoms with Gasteiger partial charge in [-0.15, -0.1) is 0 Å². The summed E-state index contributed by atoms with van der Waals surface area (Å²) in [7, 11) is 1.33. The normalized spacial score (nSPS) is 10.9. The van der Waals surface area contributed by atoms with Crippen LogP contribution < -0.4 is 0 Å². The van der Waals surface area contributed by atoms with Gasteiger partial charge in [-0.05, 0) is 13.3 Å². The SMILES string of the molecule is COC(=O)/C(C)=C/CCC=O. The van der Waals surface area contributed by atoms with Gasteiger partial charge in [0.1, 0.15) is 6.29 Å². The molecule has 0 aromatic rings. The van der Waals surface area contributed by atoms with Gasteiger partial charge in [-0.2, -0.15) is 0 Å². The molecular weight excluding hydrogens is 144 g/mol. The van der Waals surface area contributed by atoms with Crippen molar-refractivity contribution in [2.75, 3.05) is 7.11 Å². The van der Waals surface area contributed by atoms with Crippen LogP contribution in [0.25, 0.3) is 0 Å². The van der Waals surface area contributed by atoms with E-state index in [4.69, 9.17) is 0 Å². The van der Waals surface area contributed by atoms with Gasteiger partial charge in [-0.3, -0.25) is 0 Å². The average Bonchev–Trinajstić information content (AvgIpc) is 2.03. The van der Waals surface area contributed by atoms with Crippen molar-refractivity contribution >= 4 is 12.3 Å². The standard InChI is InChI=1S/C8H12O3/c1-7(8(10)11-2)5-3-4-6-9/h5-6H,3-4H2,1-2H3/b7-5+. The highest BCUT2D eigenvalue weighted by Crippen LogP contribution is 1.98. The van der Waals surface area contributed by atoms with Gasteiger partial charge in [0.15, 0.2) is 0 Å². The maximum atomic E-state index is 10.7. The molecule has 0 heterocycles. The quantitative estimate of drug-likeness (QED) is 0.265. The van der Waals surface area contributed by atoms with Crippen LogP contribution in [0.5, 0.6) is 0 Å². The van der Waals surface area contributed by atoms with E-state index in [1.807, 2.05) is 0 Å². The van der Waals surface area contributed by atoms with Gasteiger partial charge in [0.25, 0.3) is 0 Å². The molecule has 0 fully saturated rings. The highest BCUT2D eigenvalue weighted by atomic mass is 16.5. The van der Waals surface area contributed by atoms with E-state index in [2.05, 4.69) is 4.74 Å². The third kappa shape index (κ3) is 4.31. The molecule has 11 heavy (non-hydrogen) atoms. The van der Waals surface area contributed by atoms with Crippen LogP contribution >= 0.6 is 0 Å². The summed E-state index contributed by atoms with van der Waals surface area (Å²) in [5.41, 5.74) is 0.550. The van der Waals surface area contributed by atoms with Crippen LogP contribution in [0.4, 0.5) is 0 Å². The first-order valence-electron chi connectivity index (χ1n) is 3.41. The lowest BCUT2D eigenvalue weighted by atomic mass is 10.2. The number of hydrogen-bond acceptors (Lipinski definition) is 3. The predicted octanol–water partition coefficient (Wildman–Crippen LogP) is 1.08. The second-order valence-corrected chi connectivity index (χ2v) is 2.12. The largest absolute Gasteiger partial charge is 0.466 e. The second kappa shape index (κ2) is 5.65. The van der Waals surface area contributed by atoms with Gasteiger partial charge in [0.2, 0.25) is 0 Å². The summed E-state index contributed by atoms with van der Waals surface area (Å²) in [5, 5.41) is 0. The van der Waals surface area contributed by atoms with E-state index in [-0.39, 0.29) is 5.97 Å². The van der Waals surface area contributed by atoms with Crippen molar-refractivity contribution in [1.29, 1.82) is 0 Å². The van der Waals surface area contributed by atoms with Crippen LogP contribution in [0, 0.1) is 0 Å². The Bertz CT molecular complexity index is 170. The lowest BCUT2D eigenvalue weighted by Crippen LogP contribution is -2.01. The topological polar surface area (TPSA) is 43.4 Å². The Morgan fingerprint density at radius 1 is 1.45 bits per heavy atom. The van der Waals surface area contributed by atoms with Crippen molar-refractivity contribution in [1.82, 2.24) is 0 Å². The van der Waals surface area contributed by atoms with Gasteiger partial charge in [0.05, 0.1) is 7.11 Å². The van der Waals surface area contributed by atoms with Crippen LogP contribution in [0.2, 0.25) is 0 Å². The van der Waals surface area contributed by atoms with E-state index in [0.717, 1.165) is 6.29 Å². The first-order chi connectivity index (χ1) is 5.22. The number of hydrogen-bond donors (Lipinski definition) is 0. The predicted molar refractivity (Wildman–Crippen MR) is 41.1 cm³/mol. The summed E-state index contributed by atoms with van der Waals surface area (Å²) in [5.74, 6) is -0.337. The molecule has 62 valence electrons. The first-order valence-corrected chi connectivity index (χ1v) is 3.41. The number of rotatable bonds is 4. The fraction of sp³-hybridized carbons (Fsp3) is 0.500. The number of esters is 1. The van der Waals surface area contributed by atoms with Crippen molar-refractivity contribution in [3.05, 3.63) is 11.6 Å². The number of unbranched alkanes of at least 4 members (excludes halogenated alkanes) is 1. The van der Waals surface area contributed by atoms with Crippen LogP contribution in [0.3, 0.4) is 0 Å². The molecule has 0 saturated heterocycles. The van der Waals surface area contributed by atoms with Crippen molar-refractivity contribution < 1.29 is 14.3 Å². The number of ether oxygens (including phenoxy) is 1. The molecule has 0 aromatic carbocycles. The lowest BCUT2D eigenvalue weighted by Gasteiger charge is -1.96. The zero-order valence-corrected chi connectivity index (χ0v) is 6.79. The van der Waals surface area contributed by atoms with Crippen LogP contribution in [-0.4, -0.2) is 19.4 Å². The van der Waals surface area contributed by atoms with Crippen molar-refractivity contribution in [2.45, 2.75) is 19.8 Å². The molecule has 0 aromatic heterocycles. The van der Waals surface area contributed by atoms with Crippen molar-refractivity contribution in [3.63, 3.8) is 0 Å². The smallest absolute Gasteiger partial charge is 0.333 e. The number of aldehydes is 1. The van der Waals surface area contributed by atoms with E-state index in [9.17, 15) is 9.59 Å². The maximum absolute atomic E-state index is 10.7. The lowest BCUT2D eigenvalue weighted by molar-refractivity contribution is -0.136. The average molecular weight is 156 g/mol. The van der Waals surface area contributed by atoms with Crippen LogP contribution in [-0.2, 0) is 14.3 Å². The number of carbonyl (C=O) groups is 2. The molecular formula is C8H12O3. The molecule has 0 aliphatic heterocycles. The Morgan fingerprint density at radius 3 is 2.55 bits per heavy atom. The molecule has 0 aliphatic rings. The summed E-state index contributed by atoms with van der Waals surface area (Å²) >= 11 is 0. The minimum absolute atomic E-state index is 0.337. The highest BCUT2D eigenvalue weighted by Gasteiger charge is 2.00.